The van der Waals surface area contributed by atoms with Gasteiger partial charge in [0.05, 0.1) is 24.0 Å². The van der Waals surface area contributed by atoms with Crippen LogP contribution >= 0.6 is 0 Å². The molecule has 15 heavy (non-hydrogen) atoms. The fourth-order valence-electron chi connectivity index (χ4n) is 2.85. The van der Waals surface area contributed by atoms with Gasteiger partial charge in [0, 0.05) is 0 Å². The molecule has 0 aromatic carbocycles. The van der Waals surface area contributed by atoms with Crippen molar-refractivity contribution in [3.05, 3.63) is 0 Å². The molecule has 2 rings (SSSR count). The predicted molar refractivity (Wildman–Crippen MR) is 49.2 cm³/mol. The van der Waals surface area contributed by atoms with E-state index in [0.717, 1.165) is 0 Å². The molecule has 0 aromatic heterocycles. The Labute approximate surface area is 87.0 Å². The number of rotatable bonds is 2. The Morgan fingerprint density at radius 1 is 0.933 bits per heavy atom. The van der Waals surface area contributed by atoms with E-state index in [1.54, 1.807) is 0 Å². The summed E-state index contributed by atoms with van der Waals surface area (Å²) in [5.74, 6) is -3.67. The van der Waals surface area contributed by atoms with Crippen LogP contribution in [0.1, 0.15) is 13.8 Å². The van der Waals surface area contributed by atoms with Crippen molar-refractivity contribution in [3.8, 4) is 0 Å². The second-order valence-electron chi connectivity index (χ2n) is 4.51. The summed E-state index contributed by atoms with van der Waals surface area (Å²) in [7, 11) is 0. The molecule has 0 spiro atoms. The molecule has 0 aromatic rings. The van der Waals surface area contributed by atoms with Crippen molar-refractivity contribution in [3.63, 3.8) is 0 Å². The van der Waals surface area contributed by atoms with Crippen LogP contribution in [0.5, 0.6) is 0 Å². The zero-order valence-corrected chi connectivity index (χ0v) is 8.58. The van der Waals surface area contributed by atoms with Crippen LogP contribution in [0.3, 0.4) is 0 Å². The lowest BCUT2D eigenvalue weighted by Gasteiger charge is -2.30. The summed E-state index contributed by atoms with van der Waals surface area (Å²) in [5, 5.41) is 18.0. The van der Waals surface area contributed by atoms with E-state index in [9.17, 15) is 9.59 Å². The second-order valence-corrected chi connectivity index (χ2v) is 4.51. The molecule has 5 heteroatoms. The van der Waals surface area contributed by atoms with Crippen LogP contribution in [0.2, 0.25) is 0 Å². The number of aliphatic carboxylic acids is 2. The van der Waals surface area contributed by atoms with Crippen molar-refractivity contribution in [1.82, 2.24) is 0 Å². The van der Waals surface area contributed by atoms with E-state index in [1.807, 2.05) is 13.8 Å². The monoisotopic (exact) mass is 214 g/mol. The van der Waals surface area contributed by atoms with Crippen molar-refractivity contribution >= 4 is 11.9 Å². The molecule has 5 nitrogen and oxygen atoms in total. The fourth-order valence-corrected chi connectivity index (χ4v) is 2.85. The van der Waals surface area contributed by atoms with E-state index in [2.05, 4.69) is 0 Å². The average Bonchev–Trinajstić information content (AvgIpc) is 2.64. The first-order valence-electron chi connectivity index (χ1n) is 5.06. The van der Waals surface area contributed by atoms with Crippen LogP contribution in [0, 0.1) is 23.7 Å². The molecular formula is C10H14O5. The van der Waals surface area contributed by atoms with Crippen molar-refractivity contribution in [1.29, 1.82) is 0 Å². The van der Waals surface area contributed by atoms with Crippen LogP contribution < -0.4 is 0 Å². The molecular weight excluding hydrogens is 200 g/mol. The molecule has 0 radical (unpaired) electrons. The van der Waals surface area contributed by atoms with Gasteiger partial charge in [0.2, 0.25) is 0 Å². The molecule has 0 amide bonds. The fraction of sp³-hybridized carbons (Fsp3) is 0.800. The second kappa shape index (κ2) is 3.20. The maximum Gasteiger partial charge on any atom is 0.310 e. The molecule has 2 fully saturated rings. The standard InChI is InChI=1S/C10H14O5/c1-3-4(2)8-6(10(13)14)5(9(11)12)7(3)15-8/h3-8H,1-2H3,(H,11,12)(H,13,14)/t3-,4-,5-,6+,7-,8+/m0/s1. The molecule has 2 N–H and O–H groups in total. The minimum Gasteiger partial charge on any atom is -0.481 e. The Kier molecular flexibility index (Phi) is 2.22. The summed E-state index contributed by atoms with van der Waals surface area (Å²) in [6.07, 6.45) is -0.882. The van der Waals surface area contributed by atoms with Crippen molar-refractivity contribution < 1.29 is 24.5 Å². The quantitative estimate of drug-likeness (QED) is 0.696. The molecule has 2 aliphatic rings. The van der Waals surface area contributed by atoms with Gasteiger partial charge < -0.3 is 14.9 Å². The molecule has 2 heterocycles. The van der Waals surface area contributed by atoms with Gasteiger partial charge in [-0.3, -0.25) is 9.59 Å². The Morgan fingerprint density at radius 3 is 1.53 bits per heavy atom. The first-order chi connectivity index (χ1) is 6.95. The van der Waals surface area contributed by atoms with Gasteiger partial charge in [-0.15, -0.1) is 0 Å². The molecule has 2 aliphatic heterocycles. The van der Waals surface area contributed by atoms with E-state index in [4.69, 9.17) is 14.9 Å². The highest BCUT2D eigenvalue weighted by Gasteiger charge is 2.61. The average molecular weight is 214 g/mol. The first kappa shape index (κ1) is 10.4. The number of carbonyl (C=O) groups is 2. The number of fused-ring (bicyclic) bond motifs is 2. The van der Waals surface area contributed by atoms with Crippen LogP contribution in [-0.2, 0) is 14.3 Å². The van der Waals surface area contributed by atoms with Crippen LogP contribution in [0.4, 0.5) is 0 Å². The van der Waals surface area contributed by atoms with Crippen LogP contribution in [0.25, 0.3) is 0 Å². The molecule has 84 valence electrons. The van der Waals surface area contributed by atoms with E-state index in [0.29, 0.717) is 0 Å². The zero-order valence-electron chi connectivity index (χ0n) is 8.58. The third kappa shape index (κ3) is 1.26. The Bertz CT molecular complexity index is 283. The third-order valence-electron chi connectivity index (χ3n) is 3.85. The predicted octanol–water partition coefficient (Wildman–Crippen LogP) is 0.441. The molecule has 0 unspecified atom stereocenters. The minimum absolute atomic E-state index is 0.117. The molecule has 0 saturated carbocycles. The van der Waals surface area contributed by atoms with E-state index in [1.165, 1.54) is 0 Å². The van der Waals surface area contributed by atoms with Gasteiger partial charge in [-0.2, -0.15) is 0 Å². The summed E-state index contributed by atoms with van der Waals surface area (Å²) in [5.41, 5.74) is 0. The summed E-state index contributed by atoms with van der Waals surface area (Å²) in [6.45, 7) is 3.84. The summed E-state index contributed by atoms with van der Waals surface area (Å²) >= 11 is 0. The summed E-state index contributed by atoms with van der Waals surface area (Å²) in [6, 6.07) is 0. The molecule has 0 aliphatic carbocycles. The lowest BCUT2D eigenvalue weighted by molar-refractivity contribution is -0.155. The van der Waals surface area contributed by atoms with Crippen LogP contribution in [0.15, 0.2) is 0 Å². The number of hydrogen-bond acceptors (Lipinski definition) is 3. The number of carboxylic acids is 2. The van der Waals surface area contributed by atoms with E-state index >= 15 is 0 Å². The van der Waals surface area contributed by atoms with Gasteiger partial charge >= 0.3 is 11.9 Å². The normalized spacial score (nSPS) is 48.1. The zero-order chi connectivity index (χ0) is 11.3. The Hall–Kier alpha value is -1.10. The summed E-state index contributed by atoms with van der Waals surface area (Å²) < 4.78 is 5.48. The van der Waals surface area contributed by atoms with Gasteiger partial charge in [-0.25, -0.2) is 0 Å². The van der Waals surface area contributed by atoms with Gasteiger partial charge in [0.15, 0.2) is 0 Å². The van der Waals surface area contributed by atoms with Crippen molar-refractivity contribution in [2.24, 2.45) is 23.7 Å². The largest absolute Gasteiger partial charge is 0.481 e. The van der Waals surface area contributed by atoms with E-state index in [-0.39, 0.29) is 11.8 Å². The number of hydrogen-bond donors (Lipinski definition) is 2. The smallest absolute Gasteiger partial charge is 0.310 e. The highest BCUT2D eigenvalue weighted by molar-refractivity contribution is 5.82. The number of carboxylic acid groups (broad SMARTS) is 2. The first-order valence-corrected chi connectivity index (χ1v) is 5.06. The number of ether oxygens (including phenoxy) is 1. The molecule has 2 saturated heterocycles. The molecule has 2 bridgehead atoms. The SMILES string of the molecule is C[C@H]1[C@H](C)[C@@H]2O[C@H]1[C@H](C(=O)O)[C@@H]2C(=O)O. The lowest BCUT2D eigenvalue weighted by Crippen LogP contribution is -2.44. The maximum absolute atomic E-state index is 11.0. The maximum atomic E-state index is 11.0. The van der Waals surface area contributed by atoms with Crippen molar-refractivity contribution in [2.75, 3.05) is 0 Å². The highest BCUT2D eigenvalue weighted by atomic mass is 16.5. The highest BCUT2D eigenvalue weighted by Crippen LogP contribution is 2.49. The van der Waals surface area contributed by atoms with E-state index < -0.39 is 36.0 Å². The van der Waals surface area contributed by atoms with Gasteiger partial charge in [0.1, 0.15) is 0 Å². The van der Waals surface area contributed by atoms with Crippen LogP contribution in [-0.4, -0.2) is 34.4 Å². The van der Waals surface area contributed by atoms with Gasteiger partial charge in [-0.05, 0) is 11.8 Å². The Balaban J connectivity index is 2.32. The Morgan fingerprint density at radius 2 is 1.27 bits per heavy atom. The lowest BCUT2D eigenvalue weighted by atomic mass is 9.69. The minimum atomic E-state index is -1.06. The summed E-state index contributed by atoms with van der Waals surface area (Å²) in [4.78, 5) is 22.0. The third-order valence-corrected chi connectivity index (χ3v) is 3.85. The molecule has 6 atom stereocenters. The van der Waals surface area contributed by atoms with Gasteiger partial charge in [0.25, 0.3) is 0 Å². The van der Waals surface area contributed by atoms with Crippen molar-refractivity contribution in [2.45, 2.75) is 26.1 Å². The van der Waals surface area contributed by atoms with Gasteiger partial charge in [-0.1, -0.05) is 13.8 Å². The topological polar surface area (TPSA) is 83.8 Å².